The second kappa shape index (κ2) is 4.67. The van der Waals surface area contributed by atoms with Gasteiger partial charge in [0.15, 0.2) is 0 Å². The molecule has 2 heterocycles. The van der Waals surface area contributed by atoms with Crippen molar-refractivity contribution in [1.29, 1.82) is 5.26 Å². The summed E-state index contributed by atoms with van der Waals surface area (Å²) in [6.45, 7) is 2.03. The monoisotopic (exact) mass is 263 g/mol. The molecule has 98 valence electrons. The van der Waals surface area contributed by atoms with Crippen molar-refractivity contribution >= 4 is 22.4 Å². The van der Waals surface area contributed by atoms with Crippen LogP contribution in [0.25, 0.3) is 10.9 Å². The fourth-order valence-electron chi connectivity index (χ4n) is 2.40. The average Bonchev–Trinajstić information content (AvgIpc) is 2.82. The van der Waals surface area contributed by atoms with Crippen molar-refractivity contribution in [3.8, 4) is 6.07 Å². The SMILES string of the molecule is Cc1[nH]c2ccccc2c1N(C)c1cc(C#N)ncn1. The van der Waals surface area contributed by atoms with E-state index in [1.807, 2.05) is 43.1 Å². The van der Waals surface area contributed by atoms with Crippen LogP contribution in [0, 0.1) is 18.3 Å². The van der Waals surface area contributed by atoms with Crippen LogP contribution in [0.15, 0.2) is 36.7 Å². The van der Waals surface area contributed by atoms with Crippen LogP contribution in [0.4, 0.5) is 11.5 Å². The maximum Gasteiger partial charge on any atom is 0.145 e. The van der Waals surface area contributed by atoms with Gasteiger partial charge in [-0.3, -0.25) is 0 Å². The van der Waals surface area contributed by atoms with E-state index >= 15 is 0 Å². The zero-order valence-electron chi connectivity index (χ0n) is 11.3. The van der Waals surface area contributed by atoms with Crippen LogP contribution in [0.1, 0.15) is 11.4 Å². The highest BCUT2D eigenvalue weighted by Crippen LogP contribution is 2.33. The Morgan fingerprint density at radius 1 is 1.25 bits per heavy atom. The summed E-state index contributed by atoms with van der Waals surface area (Å²) in [7, 11) is 1.94. The van der Waals surface area contributed by atoms with E-state index in [4.69, 9.17) is 5.26 Å². The Morgan fingerprint density at radius 2 is 2.05 bits per heavy atom. The zero-order valence-corrected chi connectivity index (χ0v) is 11.3. The quantitative estimate of drug-likeness (QED) is 0.771. The van der Waals surface area contributed by atoms with Crippen molar-refractivity contribution in [3.05, 3.63) is 48.0 Å². The van der Waals surface area contributed by atoms with E-state index in [9.17, 15) is 0 Å². The van der Waals surface area contributed by atoms with Crippen molar-refractivity contribution in [2.45, 2.75) is 6.92 Å². The summed E-state index contributed by atoms with van der Waals surface area (Å²) in [5, 5.41) is 10.1. The lowest BCUT2D eigenvalue weighted by Crippen LogP contribution is -2.12. The molecule has 5 nitrogen and oxygen atoms in total. The molecule has 5 heteroatoms. The second-order valence-electron chi connectivity index (χ2n) is 4.58. The van der Waals surface area contributed by atoms with Gasteiger partial charge in [0.25, 0.3) is 0 Å². The number of benzene rings is 1. The summed E-state index contributed by atoms with van der Waals surface area (Å²) in [6.07, 6.45) is 1.41. The largest absolute Gasteiger partial charge is 0.357 e. The van der Waals surface area contributed by atoms with Gasteiger partial charge in [0, 0.05) is 29.7 Å². The molecule has 0 unspecified atom stereocenters. The number of anilines is 2. The number of nitrogens with one attached hydrogen (secondary N) is 1. The van der Waals surface area contributed by atoms with E-state index in [0.29, 0.717) is 11.5 Å². The highest BCUT2D eigenvalue weighted by atomic mass is 15.2. The zero-order chi connectivity index (χ0) is 14.1. The maximum atomic E-state index is 8.94. The van der Waals surface area contributed by atoms with Crippen LogP contribution in [0.2, 0.25) is 0 Å². The fraction of sp³-hybridized carbons (Fsp3) is 0.133. The first-order valence-corrected chi connectivity index (χ1v) is 6.24. The number of rotatable bonds is 2. The molecule has 0 amide bonds. The van der Waals surface area contributed by atoms with Gasteiger partial charge in [-0.25, -0.2) is 9.97 Å². The smallest absolute Gasteiger partial charge is 0.145 e. The third-order valence-electron chi connectivity index (χ3n) is 3.31. The first kappa shape index (κ1) is 12.2. The van der Waals surface area contributed by atoms with E-state index in [2.05, 4.69) is 21.0 Å². The number of hydrogen-bond acceptors (Lipinski definition) is 4. The molecule has 20 heavy (non-hydrogen) atoms. The Hall–Kier alpha value is -2.87. The topological polar surface area (TPSA) is 68.6 Å². The number of hydrogen-bond donors (Lipinski definition) is 1. The van der Waals surface area contributed by atoms with Gasteiger partial charge in [-0.05, 0) is 13.0 Å². The summed E-state index contributed by atoms with van der Waals surface area (Å²) in [4.78, 5) is 13.5. The van der Waals surface area contributed by atoms with Crippen LogP contribution < -0.4 is 4.90 Å². The minimum Gasteiger partial charge on any atom is -0.357 e. The molecule has 3 rings (SSSR count). The van der Waals surface area contributed by atoms with E-state index in [1.165, 1.54) is 6.33 Å². The maximum absolute atomic E-state index is 8.94. The molecule has 0 aliphatic rings. The Balaban J connectivity index is 2.15. The third kappa shape index (κ3) is 1.88. The predicted octanol–water partition coefficient (Wildman–Crippen LogP) is 2.91. The first-order valence-electron chi connectivity index (χ1n) is 6.24. The molecule has 0 saturated carbocycles. The summed E-state index contributed by atoms with van der Waals surface area (Å²) in [5.74, 6) is 0.699. The number of para-hydroxylation sites is 1. The Bertz CT molecular complexity index is 812. The van der Waals surface area contributed by atoms with Gasteiger partial charge in [-0.15, -0.1) is 0 Å². The summed E-state index contributed by atoms with van der Waals surface area (Å²) < 4.78 is 0. The molecule has 1 N–H and O–H groups in total. The van der Waals surface area contributed by atoms with Crippen LogP contribution in [0.5, 0.6) is 0 Å². The Kier molecular flexibility index (Phi) is 2.84. The third-order valence-corrected chi connectivity index (χ3v) is 3.31. The summed E-state index contributed by atoms with van der Waals surface area (Å²) >= 11 is 0. The lowest BCUT2D eigenvalue weighted by atomic mass is 10.2. The fourth-order valence-corrected chi connectivity index (χ4v) is 2.40. The minimum atomic E-state index is 0.361. The normalized spacial score (nSPS) is 10.4. The number of nitrogens with zero attached hydrogens (tertiary/aromatic N) is 4. The molecule has 0 spiro atoms. The molecule has 2 aromatic heterocycles. The Labute approximate surface area is 116 Å². The van der Waals surface area contributed by atoms with Gasteiger partial charge in [-0.1, -0.05) is 18.2 Å². The summed E-state index contributed by atoms with van der Waals surface area (Å²) in [6, 6.07) is 11.8. The molecule has 0 atom stereocenters. The lowest BCUT2D eigenvalue weighted by molar-refractivity contribution is 1.06. The molecule has 1 aromatic carbocycles. The van der Waals surface area contributed by atoms with Crippen molar-refractivity contribution < 1.29 is 0 Å². The molecule has 0 aliphatic heterocycles. The highest BCUT2D eigenvalue weighted by molar-refractivity contribution is 5.96. The number of aromatic nitrogens is 3. The number of aryl methyl sites for hydroxylation is 1. The van der Waals surface area contributed by atoms with Crippen LogP contribution in [-0.4, -0.2) is 22.0 Å². The Morgan fingerprint density at radius 3 is 2.85 bits per heavy atom. The van der Waals surface area contributed by atoms with Gasteiger partial charge >= 0.3 is 0 Å². The van der Waals surface area contributed by atoms with E-state index in [1.54, 1.807) is 6.07 Å². The number of fused-ring (bicyclic) bond motifs is 1. The number of aromatic amines is 1. The second-order valence-corrected chi connectivity index (χ2v) is 4.58. The molecule has 0 aliphatic carbocycles. The number of H-pyrrole nitrogens is 1. The molecule has 0 saturated heterocycles. The standard InChI is InChI=1S/C15H13N5/c1-10-15(12-5-3-4-6-13(12)19-10)20(2)14-7-11(8-16)17-9-18-14/h3-7,9,19H,1-2H3. The van der Waals surface area contributed by atoms with Crippen molar-refractivity contribution in [2.24, 2.45) is 0 Å². The van der Waals surface area contributed by atoms with Crippen LogP contribution in [-0.2, 0) is 0 Å². The highest BCUT2D eigenvalue weighted by Gasteiger charge is 2.14. The van der Waals surface area contributed by atoms with Crippen molar-refractivity contribution in [3.63, 3.8) is 0 Å². The lowest BCUT2D eigenvalue weighted by Gasteiger charge is -2.18. The van der Waals surface area contributed by atoms with Crippen LogP contribution >= 0.6 is 0 Å². The number of nitriles is 1. The molecule has 3 aromatic rings. The van der Waals surface area contributed by atoms with Gasteiger partial charge in [0.1, 0.15) is 23.9 Å². The molecule has 0 bridgehead atoms. The van der Waals surface area contributed by atoms with E-state index in [-0.39, 0.29) is 0 Å². The molecular weight excluding hydrogens is 250 g/mol. The van der Waals surface area contributed by atoms with Crippen molar-refractivity contribution in [1.82, 2.24) is 15.0 Å². The van der Waals surface area contributed by atoms with Gasteiger partial charge in [0.05, 0.1) is 5.69 Å². The van der Waals surface area contributed by atoms with E-state index in [0.717, 1.165) is 22.3 Å². The first-order chi connectivity index (χ1) is 9.70. The van der Waals surface area contributed by atoms with Crippen molar-refractivity contribution in [2.75, 3.05) is 11.9 Å². The molecular formula is C15H13N5. The molecule has 0 radical (unpaired) electrons. The van der Waals surface area contributed by atoms with Crippen LogP contribution in [0.3, 0.4) is 0 Å². The summed E-state index contributed by atoms with van der Waals surface area (Å²) in [5.41, 5.74) is 3.56. The molecule has 0 fully saturated rings. The van der Waals surface area contributed by atoms with E-state index < -0.39 is 0 Å². The van der Waals surface area contributed by atoms with Gasteiger partial charge < -0.3 is 9.88 Å². The predicted molar refractivity (Wildman–Crippen MR) is 77.8 cm³/mol. The average molecular weight is 263 g/mol. The minimum absolute atomic E-state index is 0.361. The van der Waals surface area contributed by atoms with Gasteiger partial charge in [0.2, 0.25) is 0 Å². The van der Waals surface area contributed by atoms with Gasteiger partial charge in [-0.2, -0.15) is 5.26 Å².